The summed E-state index contributed by atoms with van der Waals surface area (Å²) in [7, 11) is 1.52. The zero-order valence-corrected chi connectivity index (χ0v) is 15.3. The number of aromatic nitrogens is 1. The molecule has 0 saturated heterocycles. The maximum absolute atomic E-state index is 12.1. The molecule has 1 aromatic heterocycles. The maximum Gasteiger partial charge on any atom is 0.408 e. The van der Waals surface area contributed by atoms with Gasteiger partial charge >= 0.3 is 6.09 Å². The Bertz CT molecular complexity index is 751. The third-order valence-electron chi connectivity index (χ3n) is 3.81. The fraction of sp³-hybridized carbons (Fsp3) is 0.444. The van der Waals surface area contributed by atoms with Gasteiger partial charge < -0.3 is 14.8 Å². The fourth-order valence-corrected chi connectivity index (χ4v) is 2.82. The Hall–Kier alpha value is -2.74. The predicted octanol–water partition coefficient (Wildman–Crippen LogP) is 3.24. The van der Waals surface area contributed by atoms with Crippen molar-refractivity contribution in [2.45, 2.75) is 44.9 Å². The van der Waals surface area contributed by atoms with Crippen LogP contribution in [0.3, 0.4) is 0 Å². The highest BCUT2D eigenvalue weighted by molar-refractivity contribution is 5.77. The Balaban J connectivity index is 2.36. The highest BCUT2D eigenvalue weighted by Gasteiger charge is 2.32. The molecule has 26 heavy (non-hydrogen) atoms. The SMILES string of the molecule is C=C1CC(c2ccncc2[N+](=O)[O-])=C[C@@H](NC(=O)OC(C)(C)C)[C@@H]1OC. The number of amides is 1. The van der Waals surface area contributed by atoms with Crippen molar-refractivity contribution in [3.8, 4) is 0 Å². The van der Waals surface area contributed by atoms with Crippen molar-refractivity contribution in [3.05, 3.63) is 52.4 Å². The van der Waals surface area contributed by atoms with Gasteiger partial charge in [-0.05, 0) is 44.4 Å². The summed E-state index contributed by atoms with van der Waals surface area (Å²) in [6.45, 7) is 9.30. The van der Waals surface area contributed by atoms with E-state index in [2.05, 4.69) is 16.9 Å². The molecule has 1 aliphatic rings. The average Bonchev–Trinajstić information content (AvgIpc) is 2.52. The Morgan fingerprint density at radius 3 is 2.73 bits per heavy atom. The first-order valence-electron chi connectivity index (χ1n) is 8.12. The summed E-state index contributed by atoms with van der Waals surface area (Å²) in [5.41, 5.74) is 1.08. The van der Waals surface area contributed by atoms with Crippen LogP contribution in [-0.2, 0) is 9.47 Å². The van der Waals surface area contributed by atoms with Gasteiger partial charge in [0.25, 0.3) is 5.69 Å². The molecule has 1 heterocycles. The largest absolute Gasteiger partial charge is 0.444 e. The zero-order valence-electron chi connectivity index (χ0n) is 15.3. The smallest absolute Gasteiger partial charge is 0.408 e. The van der Waals surface area contributed by atoms with Crippen molar-refractivity contribution in [2.75, 3.05) is 7.11 Å². The monoisotopic (exact) mass is 361 g/mol. The molecule has 8 heteroatoms. The van der Waals surface area contributed by atoms with Gasteiger partial charge in [-0.15, -0.1) is 0 Å². The number of carbonyl (C=O) groups excluding carboxylic acids is 1. The van der Waals surface area contributed by atoms with Gasteiger partial charge in [0.15, 0.2) is 0 Å². The molecule has 140 valence electrons. The Morgan fingerprint density at radius 1 is 1.46 bits per heavy atom. The van der Waals surface area contributed by atoms with Crippen LogP contribution in [-0.4, -0.2) is 40.9 Å². The number of nitrogens with one attached hydrogen (secondary N) is 1. The quantitative estimate of drug-likeness (QED) is 0.501. The number of methoxy groups -OCH3 is 1. The maximum atomic E-state index is 12.1. The summed E-state index contributed by atoms with van der Waals surface area (Å²) in [6, 6.07) is 1.02. The van der Waals surface area contributed by atoms with Crippen LogP contribution >= 0.6 is 0 Å². The molecule has 0 unspecified atom stereocenters. The van der Waals surface area contributed by atoms with E-state index in [0.717, 1.165) is 0 Å². The number of pyridine rings is 1. The van der Waals surface area contributed by atoms with E-state index in [1.165, 1.54) is 19.5 Å². The second kappa shape index (κ2) is 7.65. The Morgan fingerprint density at radius 2 is 2.15 bits per heavy atom. The van der Waals surface area contributed by atoms with E-state index in [9.17, 15) is 14.9 Å². The van der Waals surface area contributed by atoms with Crippen LogP contribution in [0.5, 0.6) is 0 Å². The topological polar surface area (TPSA) is 104 Å². The average molecular weight is 361 g/mol. The van der Waals surface area contributed by atoms with Crippen molar-refractivity contribution < 1.29 is 19.2 Å². The van der Waals surface area contributed by atoms with E-state index < -0.39 is 28.8 Å². The number of rotatable bonds is 4. The standard InChI is InChI=1S/C18H23N3O5/c1-11-8-12(13-6-7-19-10-15(13)21(23)24)9-14(16(11)25-5)20-17(22)26-18(2,3)4/h6-7,9-10,14,16H,1,8H2,2-5H3,(H,20,22)/t14-,16-/m1/s1. The zero-order chi connectivity index (χ0) is 19.5. The molecule has 1 aliphatic carbocycles. The molecular weight excluding hydrogens is 338 g/mol. The molecular formula is C18H23N3O5. The van der Waals surface area contributed by atoms with Gasteiger partial charge in [-0.2, -0.15) is 0 Å². The van der Waals surface area contributed by atoms with Crippen LogP contribution in [0.4, 0.5) is 10.5 Å². The summed E-state index contributed by atoms with van der Waals surface area (Å²) in [4.78, 5) is 26.8. The molecule has 0 aliphatic heterocycles. The first-order valence-corrected chi connectivity index (χ1v) is 8.12. The lowest BCUT2D eigenvalue weighted by Gasteiger charge is -2.32. The van der Waals surface area contributed by atoms with Gasteiger partial charge in [-0.25, -0.2) is 4.79 Å². The van der Waals surface area contributed by atoms with E-state index in [-0.39, 0.29) is 5.69 Å². The van der Waals surface area contributed by atoms with Crippen molar-refractivity contribution in [1.82, 2.24) is 10.3 Å². The molecule has 2 rings (SSSR count). The molecule has 2 atom stereocenters. The minimum atomic E-state index is -0.644. The highest BCUT2D eigenvalue weighted by Crippen LogP contribution is 2.35. The molecule has 0 saturated carbocycles. The van der Waals surface area contributed by atoms with E-state index in [4.69, 9.17) is 9.47 Å². The normalized spacial score (nSPS) is 20.3. The van der Waals surface area contributed by atoms with E-state index in [0.29, 0.717) is 23.1 Å². The van der Waals surface area contributed by atoms with Crippen LogP contribution in [0.1, 0.15) is 32.8 Å². The number of hydrogen-bond acceptors (Lipinski definition) is 6. The minimum absolute atomic E-state index is 0.0987. The summed E-state index contributed by atoms with van der Waals surface area (Å²) in [5, 5.41) is 14.0. The number of alkyl carbamates (subject to hydrolysis) is 1. The Labute approximate surface area is 152 Å². The van der Waals surface area contributed by atoms with Gasteiger partial charge in [-0.3, -0.25) is 15.1 Å². The molecule has 1 amide bonds. The van der Waals surface area contributed by atoms with Gasteiger partial charge in [0, 0.05) is 13.3 Å². The summed E-state index contributed by atoms with van der Waals surface area (Å²) >= 11 is 0. The van der Waals surface area contributed by atoms with Crippen molar-refractivity contribution >= 4 is 17.4 Å². The molecule has 0 radical (unpaired) electrons. The van der Waals surface area contributed by atoms with E-state index in [1.54, 1.807) is 32.9 Å². The number of allylic oxidation sites excluding steroid dienone is 1. The summed E-state index contributed by atoms with van der Waals surface area (Å²) < 4.78 is 10.7. The molecule has 0 bridgehead atoms. The van der Waals surface area contributed by atoms with Crippen molar-refractivity contribution in [1.29, 1.82) is 0 Å². The second-order valence-corrected chi connectivity index (χ2v) is 7.01. The van der Waals surface area contributed by atoms with Crippen LogP contribution in [0.2, 0.25) is 0 Å². The number of nitrogens with zero attached hydrogens (tertiary/aromatic N) is 2. The molecule has 1 aromatic rings. The van der Waals surface area contributed by atoms with Gasteiger partial charge in [-0.1, -0.05) is 12.7 Å². The molecule has 8 nitrogen and oxygen atoms in total. The lowest BCUT2D eigenvalue weighted by atomic mass is 9.85. The summed E-state index contributed by atoms with van der Waals surface area (Å²) in [5.74, 6) is 0. The highest BCUT2D eigenvalue weighted by atomic mass is 16.6. The van der Waals surface area contributed by atoms with Gasteiger partial charge in [0.1, 0.15) is 17.9 Å². The minimum Gasteiger partial charge on any atom is -0.444 e. The number of hydrogen-bond donors (Lipinski definition) is 1. The van der Waals surface area contributed by atoms with Crippen LogP contribution in [0.25, 0.3) is 5.57 Å². The van der Waals surface area contributed by atoms with Gasteiger partial charge in [0.05, 0.1) is 16.5 Å². The fourth-order valence-electron chi connectivity index (χ4n) is 2.82. The van der Waals surface area contributed by atoms with E-state index >= 15 is 0 Å². The third kappa shape index (κ3) is 4.66. The van der Waals surface area contributed by atoms with Crippen molar-refractivity contribution in [2.24, 2.45) is 0 Å². The van der Waals surface area contributed by atoms with Crippen LogP contribution in [0.15, 0.2) is 36.7 Å². The second-order valence-electron chi connectivity index (χ2n) is 7.01. The predicted molar refractivity (Wildman–Crippen MR) is 96.6 cm³/mol. The molecule has 1 N–H and O–H groups in total. The molecule has 0 aromatic carbocycles. The number of ether oxygens (including phenoxy) is 2. The molecule has 0 fully saturated rings. The Kier molecular flexibility index (Phi) is 5.76. The third-order valence-corrected chi connectivity index (χ3v) is 3.81. The van der Waals surface area contributed by atoms with Gasteiger partial charge in [0.2, 0.25) is 0 Å². The number of carbonyl (C=O) groups is 1. The first-order chi connectivity index (χ1) is 12.1. The van der Waals surface area contributed by atoms with Crippen molar-refractivity contribution in [3.63, 3.8) is 0 Å². The van der Waals surface area contributed by atoms with Crippen LogP contribution < -0.4 is 5.32 Å². The molecule has 0 spiro atoms. The van der Waals surface area contributed by atoms with E-state index in [1.807, 2.05) is 0 Å². The van der Waals surface area contributed by atoms with Crippen LogP contribution in [0, 0.1) is 10.1 Å². The summed E-state index contributed by atoms with van der Waals surface area (Å²) in [6.07, 6.45) is 3.79. The lowest BCUT2D eigenvalue weighted by molar-refractivity contribution is -0.385. The first kappa shape index (κ1) is 19.6. The number of nitro groups is 1. The lowest BCUT2D eigenvalue weighted by Crippen LogP contribution is -2.47.